The fourth-order valence-electron chi connectivity index (χ4n) is 1.73. The highest BCUT2D eigenvalue weighted by molar-refractivity contribution is 9.13. The first kappa shape index (κ1) is 14.3. The molecule has 0 spiro atoms. The third-order valence-electron chi connectivity index (χ3n) is 2.75. The van der Waals surface area contributed by atoms with E-state index in [1.165, 1.54) is 4.88 Å². The van der Waals surface area contributed by atoms with E-state index in [1.807, 2.05) is 6.07 Å². The van der Waals surface area contributed by atoms with Crippen molar-refractivity contribution in [2.45, 2.75) is 25.8 Å². The smallest absolute Gasteiger partial charge is 0.183 e. The molecule has 0 aliphatic heterocycles. The van der Waals surface area contributed by atoms with Crippen molar-refractivity contribution in [3.05, 3.63) is 43.4 Å². The average Bonchev–Trinajstić information content (AvgIpc) is 2.90. The number of thiophene rings is 1. The van der Waals surface area contributed by atoms with E-state index in [0.717, 1.165) is 28.0 Å². The predicted molar refractivity (Wildman–Crippen MR) is 83.2 cm³/mol. The second kappa shape index (κ2) is 5.90. The summed E-state index contributed by atoms with van der Waals surface area (Å²) in [5.74, 6) is 0.927. The number of nitrogens with one attached hydrogen (secondary N) is 1. The number of halogens is 2. The van der Waals surface area contributed by atoms with Crippen LogP contribution in [0.1, 0.15) is 24.5 Å². The molecule has 0 radical (unpaired) electrons. The molecular formula is C13H15Br2NOS. The maximum absolute atomic E-state index is 5.53. The average molecular weight is 393 g/mol. The highest BCUT2D eigenvalue weighted by Gasteiger charge is 2.21. The van der Waals surface area contributed by atoms with E-state index in [-0.39, 0.29) is 5.41 Å². The highest BCUT2D eigenvalue weighted by Crippen LogP contribution is 2.28. The Labute approximate surface area is 128 Å². The summed E-state index contributed by atoms with van der Waals surface area (Å²) in [6.45, 7) is 6.15. The third kappa shape index (κ3) is 3.47. The van der Waals surface area contributed by atoms with E-state index < -0.39 is 0 Å². The third-order valence-corrected chi connectivity index (χ3v) is 5.70. The predicted octanol–water partition coefficient (Wildman–Crippen LogP) is 4.93. The van der Waals surface area contributed by atoms with E-state index in [4.69, 9.17) is 4.42 Å². The summed E-state index contributed by atoms with van der Waals surface area (Å²) in [5, 5.41) is 5.56. The number of furan rings is 1. The van der Waals surface area contributed by atoms with Gasteiger partial charge < -0.3 is 9.73 Å². The van der Waals surface area contributed by atoms with Gasteiger partial charge in [0.05, 0.1) is 11.0 Å². The van der Waals surface area contributed by atoms with Gasteiger partial charge in [-0.1, -0.05) is 19.9 Å². The van der Waals surface area contributed by atoms with Crippen LogP contribution in [-0.4, -0.2) is 6.54 Å². The van der Waals surface area contributed by atoms with Gasteiger partial charge in [0.15, 0.2) is 4.67 Å². The fraction of sp³-hybridized carbons (Fsp3) is 0.385. The van der Waals surface area contributed by atoms with Crippen LogP contribution in [0.3, 0.4) is 0 Å². The normalized spacial score (nSPS) is 12.0. The molecule has 5 heteroatoms. The molecule has 2 heterocycles. The van der Waals surface area contributed by atoms with Gasteiger partial charge in [0.1, 0.15) is 5.76 Å². The van der Waals surface area contributed by atoms with E-state index in [9.17, 15) is 0 Å². The minimum Gasteiger partial charge on any atom is -0.452 e. The van der Waals surface area contributed by atoms with Crippen LogP contribution >= 0.6 is 43.2 Å². The fourth-order valence-corrected chi connectivity index (χ4v) is 3.24. The first-order valence-electron chi connectivity index (χ1n) is 5.67. The molecule has 0 amide bonds. The van der Waals surface area contributed by atoms with E-state index >= 15 is 0 Å². The lowest BCUT2D eigenvalue weighted by atomic mass is 9.91. The first-order chi connectivity index (χ1) is 8.49. The Morgan fingerprint density at radius 1 is 1.39 bits per heavy atom. The molecule has 0 bridgehead atoms. The zero-order valence-electron chi connectivity index (χ0n) is 10.3. The van der Waals surface area contributed by atoms with Crippen LogP contribution in [0.25, 0.3) is 0 Å². The maximum atomic E-state index is 5.53. The second-order valence-electron chi connectivity index (χ2n) is 4.80. The van der Waals surface area contributed by atoms with Crippen LogP contribution in [0.4, 0.5) is 0 Å². The van der Waals surface area contributed by atoms with E-state index in [0.29, 0.717) is 0 Å². The van der Waals surface area contributed by atoms with Gasteiger partial charge in [0, 0.05) is 16.8 Å². The summed E-state index contributed by atoms with van der Waals surface area (Å²) in [5.41, 5.74) is 0.148. The van der Waals surface area contributed by atoms with Crippen molar-refractivity contribution in [1.29, 1.82) is 0 Å². The Balaban J connectivity index is 1.89. The van der Waals surface area contributed by atoms with Gasteiger partial charge in [-0.2, -0.15) is 0 Å². The Morgan fingerprint density at radius 3 is 2.72 bits per heavy atom. The van der Waals surface area contributed by atoms with Crippen LogP contribution in [0.15, 0.2) is 37.1 Å². The zero-order valence-corrected chi connectivity index (χ0v) is 14.3. The summed E-state index contributed by atoms with van der Waals surface area (Å²) in [4.78, 5) is 1.40. The molecule has 2 nitrogen and oxygen atoms in total. The van der Waals surface area contributed by atoms with Crippen LogP contribution < -0.4 is 5.32 Å². The van der Waals surface area contributed by atoms with Gasteiger partial charge in [0.25, 0.3) is 0 Å². The monoisotopic (exact) mass is 391 g/mol. The molecule has 2 rings (SSSR count). The SMILES string of the molecule is CC(C)(CNCc1cc(Br)c(Br)o1)c1cccs1. The van der Waals surface area contributed by atoms with Gasteiger partial charge in [-0.25, -0.2) is 0 Å². The van der Waals surface area contributed by atoms with Crippen molar-refractivity contribution < 1.29 is 4.42 Å². The molecule has 0 aromatic carbocycles. The zero-order chi connectivity index (χ0) is 13.2. The van der Waals surface area contributed by atoms with Crippen LogP contribution in [0.2, 0.25) is 0 Å². The van der Waals surface area contributed by atoms with Crippen molar-refractivity contribution >= 4 is 43.2 Å². The van der Waals surface area contributed by atoms with Crippen LogP contribution in [0, 0.1) is 0 Å². The van der Waals surface area contributed by atoms with Crippen molar-refractivity contribution in [1.82, 2.24) is 5.32 Å². The van der Waals surface area contributed by atoms with Gasteiger partial charge in [-0.15, -0.1) is 11.3 Å². The van der Waals surface area contributed by atoms with Crippen molar-refractivity contribution in [2.75, 3.05) is 6.54 Å². The first-order valence-corrected chi connectivity index (χ1v) is 8.14. The second-order valence-corrected chi connectivity index (χ2v) is 7.32. The van der Waals surface area contributed by atoms with Gasteiger partial charge in [0.2, 0.25) is 0 Å². The molecule has 0 aliphatic carbocycles. The summed E-state index contributed by atoms with van der Waals surface area (Å²) in [6.07, 6.45) is 0. The lowest BCUT2D eigenvalue weighted by Crippen LogP contribution is -2.31. The molecule has 1 N–H and O–H groups in total. The van der Waals surface area contributed by atoms with Crippen molar-refractivity contribution in [2.24, 2.45) is 0 Å². The van der Waals surface area contributed by atoms with E-state index in [2.05, 4.69) is 68.5 Å². The quantitative estimate of drug-likeness (QED) is 0.779. The highest BCUT2D eigenvalue weighted by atomic mass is 79.9. The Kier molecular flexibility index (Phi) is 4.69. The molecule has 0 atom stereocenters. The Bertz CT molecular complexity index is 486. The maximum Gasteiger partial charge on any atom is 0.183 e. The topological polar surface area (TPSA) is 25.2 Å². The lowest BCUT2D eigenvalue weighted by Gasteiger charge is -2.23. The van der Waals surface area contributed by atoms with Crippen molar-refractivity contribution in [3.63, 3.8) is 0 Å². The van der Waals surface area contributed by atoms with Crippen LogP contribution in [0.5, 0.6) is 0 Å². The molecular weight excluding hydrogens is 378 g/mol. The summed E-state index contributed by atoms with van der Waals surface area (Å²) >= 11 is 8.56. The lowest BCUT2D eigenvalue weighted by molar-refractivity contribution is 0.428. The van der Waals surface area contributed by atoms with E-state index in [1.54, 1.807) is 11.3 Å². The summed E-state index contributed by atoms with van der Waals surface area (Å²) in [6, 6.07) is 6.27. The molecule has 98 valence electrons. The number of rotatable bonds is 5. The van der Waals surface area contributed by atoms with Gasteiger partial charge >= 0.3 is 0 Å². The van der Waals surface area contributed by atoms with Crippen LogP contribution in [-0.2, 0) is 12.0 Å². The number of hydrogen-bond donors (Lipinski definition) is 1. The minimum absolute atomic E-state index is 0.148. The molecule has 0 unspecified atom stereocenters. The minimum atomic E-state index is 0.148. The molecule has 2 aromatic rings. The molecule has 18 heavy (non-hydrogen) atoms. The molecule has 0 fully saturated rings. The van der Waals surface area contributed by atoms with Gasteiger partial charge in [-0.05, 0) is 49.4 Å². The molecule has 0 saturated carbocycles. The standard InChI is InChI=1S/C13H15Br2NOS/c1-13(2,11-4-3-5-18-11)8-16-7-9-6-10(14)12(15)17-9/h3-6,16H,7-8H2,1-2H3. The molecule has 0 aliphatic rings. The molecule has 0 saturated heterocycles. The summed E-state index contributed by atoms with van der Waals surface area (Å²) < 4.78 is 7.23. The summed E-state index contributed by atoms with van der Waals surface area (Å²) in [7, 11) is 0. The largest absolute Gasteiger partial charge is 0.452 e. The Hall–Kier alpha value is -0.100. The van der Waals surface area contributed by atoms with Gasteiger partial charge in [-0.3, -0.25) is 0 Å². The van der Waals surface area contributed by atoms with Crippen molar-refractivity contribution in [3.8, 4) is 0 Å². The molecule has 2 aromatic heterocycles. The number of hydrogen-bond acceptors (Lipinski definition) is 3. The Morgan fingerprint density at radius 2 is 2.17 bits per heavy atom.